The minimum absolute atomic E-state index is 0.0160. The highest BCUT2D eigenvalue weighted by atomic mass is 35.5. The standard InChI is InChI=1S/C30H30ClNOS.C5H12.C2H6.CH4O/c1-6-9-13-22(7-2)25-17-16-23(18-26(25)21(4)33)27-19-30(34-5)29(20-28(27)31)32(8-3)24-14-11-10-12-15-24;1-4-5(2)3;2*1-2/h6-7,9-20H,1,8H2,2-5H3;5H,4H2,1-3H3;1-2H3;2H,1H3/b13-9-,22-7+;;;. The number of benzene rings is 3. The fraction of sp³-hybridized carbons (Fsp3) is 0.342. The number of hydrogen-bond donors (Lipinski definition) is 1. The van der Waals surface area contributed by atoms with Crippen molar-refractivity contribution in [2.75, 3.05) is 24.8 Å². The van der Waals surface area contributed by atoms with Crippen LogP contribution in [0, 0.1) is 5.92 Å². The van der Waals surface area contributed by atoms with Crippen LogP contribution in [0.15, 0.2) is 96.4 Å². The summed E-state index contributed by atoms with van der Waals surface area (Å²) in [6.07, 6.45) is 10.9. The highest BCUT2D eigenvalue weighted by Crippen LogP contribution is 2.41. The Morgan fingerprint density at radius 2 is 1.63 bits per heavy atom. The van der Waals surface area contributed by atoms with Gasteiger partial charge in [0.25, 0.3) is 0 Å². The molecular weight excluding hydrogens is 570 g/mol. The topological polar surface area (TPSA) is 40.5 Å². The molecule has 0 fully saturated rings. The minimum Gasteiger partial charge on any atom is -0.400 e. The molecule has 3 nitrogen and oxygen atoms in total. The molecule has 0 atom stereocenters. The molecule has 0 aliphatic rings. The molecule has 0 bridgehead atoms. The molecule has 0 unspecified atom stereocenters. The van der Waals surface area contributed by atoms with Crippen LogP contribution < -0.4 is 4.90 Å². The Bertz CT molecular complexity index is 1310. The first-order chi connectivity index (χ1) is 20.7. The second-order valence-electron chi connectivity index (χ2n) is 9.54. The van der Waals surface area contributed by atoms with Crippen LogP contribution in [0.4, 0.5) is 11.4 Å². The van der Waals surface area contributed by atoms with E-state index in [2.05, 4.69) is 63.6 Å². The number of Topliss-reactive ketones (excluding diaryl/α,β-unsaturated/α-hetero) is 1. The predicted octanol–water partition coefficient (Wildman–Crippen LogP) is 11.9. The van der Waals surface area contributed by atoms with E-state index in [4.69, 9.17) is 16.7 Å². The van der Waals surface area contributed by atoms with Crippen molar-refractivity contribution in [1.29, 1.82) is 0 Å². The van der Waals surface area contributed by atoms with Crippen molar-refractivity contribution in [2.24, 2.45) is 5.92 Å². The molecule has 5 heteroatoms. The molecule has 0 amide bonds. The van der Waals surface area contributed by atoms with Crippen molar-refractivity contribution >= 4 is 46.1 Å². The third kappa shape index (κ3) is 12.2. The summed E-state index contributed by atoms with van der Waals surface area (Å²) in [5.41, 5.74) is 6.58. The molecule has 0 spiro atoms. The lowest BCUT2D eigenvalue weighted by Crippen LogP contribution is -2.16. The number of para-hydroxylation sites is 1. The number of halogens is 1. The van der Waals surface area contributed by atoms with Gasteiger partial charge in [-0.2, -0.15) is 0 Å². The number of aliphatic hydroxyl groups excluding tert-OH is 1. The Kier molecular flexibility index (Phi) is 20.9. The molecule has 0 aromatic heterocycles. The zero-order valence-electron chi connectivity index (χ0n) is 27.9. The second kappa shape index (κ2) is 22.5. The van der Waals surface area contributed by atoms with Gasteiger partial charge < -0.3 is 10.0 Å². The van der Waals surface area contributed by atoms with Gasteiger partial charge in [-0.25, -0.2) is 0 Å². The third-order valence-electron chi connectivity index (χ3n) is 6.50. The van der Waals surface area contributed by atoms with Gasteiger partial charge in [-0.3, -0.25) is 4.79 Å². The molecule has 0 radical (unpaired) electrons. The second-order valence-corrected chi connectivity index (χ2v) is 10.8. The van der Waals surface area contributed by atoms with Crippen molar-refractivity contribution in [3.8, 4) is 11.1 Å². The van der Waals surface area contributed by atoms with Gasteiger partial charge in [0.15, 0.2) is 5.78 Å². The van der Waals surface area contributed by atoms with Crippen molar-refractivity contribution in [2.45, 2.75) is 66.7 Å². The lowest BCUT2D eigenvalue weighted by molar-refractivity contribution is 0.101. The van der Waals surface area contributed by atoms with Crippen molar-refractivity contribution in [3.63, 3.8) is 0 Å². The maximum Gasteiger partial charge on any atom is 0.160 e. The number of rotatable bonds is 10. The van der Waals surface area contributed by atoms with Crippen molar-refractivity contribution < 1.29 is 9.90 Å². The van der Waals surface area contributed by atoms with E-state index in [1.54, 1.807) is 24.8 Å². The van der Waals surface area contributed by atoms with Crippen LogP contribution in [0.5, 0.6) is 0 Å². The molecule has 0 aliphatic heterocycles. The van der Waals surface area contributed by atoms with E-state index in [1.165, 1.54) is 6.42 Å². The normalized spacial score (nSPS) is 10.6. The maximum atomic E-state index is 12.6. The summed E-state index contributed by atoms with van der Waals surface area (Å²) in [4.78, 5) is 16.0. The Hall–Kier alpha value is -3.05. The quantitative estimate of drug-likeness (QED) is 0.139. The van der Waals surface area contributed by atoms with Crippen LogP contribution in [0.25, 0.3) is 16.7 Å². The van der Waals surface area contributed by atoms with Crippen LogP contribution in [0.1, 0.15) is 77.7 Å². The summed E-state index contributed by atoms with van der Waals surface area (Å²) >= 11 is 8.54. The summed E-state index contributed by atoms with van der Waals surface area (Å²) in [6, 6.07) is 20.5. The number of carbonyl (C=O) groups excluding carboxylic acids is 1. The van der Waals surface area contributed by atoms with E-state index in [1.807, 2.05) is 81.5 Å². The van der Waals surface area contributed by atoms with Crippen LogP contribution in [-0.2, 0) is 0 Å². The number of carbonyl (C=O) groups is 1. The lowest BCUT2D eigenvalue weighted by atomic mass is 9.92. The van der Waals surface area contributed by atoms with E-state index in [9.17, 15) is 4.79 Å². The van der Waals surface area contributed by atoms with Gasteiger partial charge in [-0.1, -0.05) is 114 Å². The molecule has 43 heavy (non-hydrogen) atoms. The fourth-order valence-corrected chi connectivity index (χ4v) is 4.89. The zero-order valence-corrected chi connectivity index (χ0v) is 29.4. The van der Waals surface area contributed by atoms with Gasteiger partial charge in [0.05, 0.1) is 10.7 Å². The average Bonchev–Trinajstić information content (AvgIpc) is 3.04. The summed E-state index contributed by atoms with van der Waals surface area (Å²) in [5, 5.41) is 7.65. The summed E-state index contributed by atoms with van der Waals surface area (Å²) in [7, 11) is 1.00. The summed E-state index contributed by atoms with van der Waals surface area (Å²) in [5.74, 6) is 0.900. The van der Waals surface area contributed by atoms with Gasteiger partial charge in [0.1, 0.15) is 0 Å². The first kappa shape index (κ1) is 40.0. The Morgan fingerprint density at radius 1 is 1.02 bits per heavy atom. The van der Waals surface area contributed by atoms with Gasteiger partial charge in [0, 0.05) is 35.4 Å². The summed E-state index contributed by atoms with van der Waals surface area (Å²) in [6.45, 7) is 20.9. The van der Waals surface area contributed by atoms with Gasteiger partial charge in [0.2, 0.25) is 0 Å². The zero-order chi connectivity index (χ0) is 32.9. The number of ketones is 1. The van der Waals surface area contributed by atoms with Gasteiger partial charge in [-0.05, 0) is 80.0 Å². The Morgan fingerprint density at radius 3 is 2.09 bits per heavy atom. The highest BCUT2D eigenvalue weighted by molar-refractivity contribution is 7.98. The van der Waals surface area contributed by atoms with E-state index in [-0.39, 0.29) is 5.78 Å². The molecular formula is C38H52ClNO2S. The first-order valence-corrected chi connectivity index (χ1v) is 16.6. The minimum atomic E-state index is 0.0160. The van der Waals surface area contributed by atoms with E-state index < -0.39 is 0 Å². The molecule has 0 aliphatic carbocycles. The Labute approximate surface area is 271 Å². The van der Waals surface area contributed by atoms with Crippen molar-refractivity contribution in [3.05, 3.63) is 108 Å². The molecule has 3 rings (SSSR count). The number of hydrogen-bond acceptors (Lipinski definition) is 4. The maximum absolute atomic E-state index is 12.6. The SMILES string of the molecule is C=C/C=C\C(=C/C)c1ccc(-c2cc(SC)c(N(CC)c3ccccc3)cc2Cl)cc1C(C)=O.CC.CCC(C)C.CO. The van der Waals surface area contributed by atoms with E-state index in [0.717, 1.165) is 58.1 Å². The monoisotopic (exact) mass is 621 g/mol. The van der Waals surface area contributed by atoms with Crippen LogP contribution in [0.2, 0.25) is 5.02 Å². The molecule has 0 heterocycles. The van der Waals surface area contributed by atoms with Gasteiger partial charge >= 0.3 is 0 Å². The third-order valence-corrected chi connectivity index (χ3v) is 7.58. The summed E-state index contributed by atoms with van der Waals surface area (Å²) < 4.78 is 0. The number of aliphatic hydroxyl groups is 1. The number of nitrogens with zero attached hydrogens (tertiary/aromatic N) is 1. The molecule has 0 saturated carbocycles. The van der Waals surface area contributed by atoms with E-state index >= 15 is 0 Å². The van der Waals surface area contributed by atoms with Crippen LogP contribution >= 0.6 is 23.4 Å². The fourth-order valence-electron chi connectivity index (χ4n) is 4.01. The molecule has 0 saturated heterocycles. The number of allylic oxidation sites excluding steroid dienone is 5. The number of thioether (sulfide) groups is 1. The molecule has 1 N–H and O–H groups in total. The van der Waals surface area contributed by atoms with Crippen LogP contribution in [-0.4, -0.2) is 30.8 Å². The predicted molar refractivity (Wildman–Crippen MR) is 195 cm³/mol. The highest BCUT2D eigenvalue weighted by Gasteiger charge is 2.18. The molecule has 3 aromatic rings. The average molecular weight is 622 g/mol. The lowest BCUT2D eigenvalue weighted by Gasteiger charge is -2.26. The Balaban J connectivity index is 0.00000174. The van der Waals surface area contributed by atoms with Gasteiger partial charge in [-0.15, -0.1) is 11.8 Å². The van der Waals surface area contributed by atoms with E-state index in [0.29, 0.717) is 10.6 Å². The van der Waals surface area contributed by atoms with Crippen molar-refractivity contribution in [1.82, 2.24) is 0 Å². The number of anilines is 2. The van der Waals surface area contributed by atoms with Crippen LogP contribution in [0.3, 0.4) is 0 Å². The smallest absolute Gasteiger partial charge is 0.160 e. The largest absolute Gasteiger partial charge is 0.400 e. The molecule has 234 valence electrons. The molecule has 3 aromatic carbocycles. The first-order valence-electron chi connectivity index (χ1n) is 15.0.